The lowest BCUT2D eigenvalue weighted by atomic mass is 10.1. The second-order valence-corrected chi connectivity index (χ2v) is 5.79. The van der Waals surface area contributed by atoms with Crippen LogP contribution in [-0.2, 0) is 9.53 Å². The highest BCUT2D eigenvalue weighted by atomic mass is 35.5. The summed E-state index contributed by atoms with van der Waals surface area (Å²) in [6, 6.07) is 10.9. The Kier molecular flexibility index (Phi) is 3.50. The summed E-state index contributed by atoms with van der Waals surface area (Å²) in [6.07, 6.45) is 1.58. The third kappa shape index (κ3) is 2.53. The van der Waals surface area contributed by atoms with Crippen molar-refractivity contribution < 1.29 is 19.0 Å². The van der Waals surface area contributed by atoms with E-state index in [0.717, 1.165) is 11.1 Å². The van der Waals surface area contributed by atoms with Gasteiger partial charge in [-0.25, -0.2) is 9.79 Å². The minimum absolute atomic E-state index is 0.156. The van der Waals surface area contributed by atoms with E-state index >= 15 is 0 Å². The molecule has 2 heterocycles. The number of hydrogen-bond donors (Lipinski definition) is 0. The smallest absolute Gasteiger partial charge is 0.363 e. The van der Waals surface area contributed by atoms with Crippen molar-refractivity contribution in [2.75, 3.05) is 6.79 Å². The second-order valence-electron chi connectivity index (χ2n) is 5.38. The Balaban J connectivity index is 1.73. The van der Waals surface area contributed by atoms with Crippen molar-refractivity contribution in [3.05, 3.63) is 63.8 Å². The number of rotatable bonds is 2. The van der Waals surface area contributed by atoms with Crippen LogP contribution in [0.2, 0.25) is 5.02 Å². The quantitative estimate of drug-likeness (QED) is 0.617. The molecule has 2 aliphatic heterocycles. The summed E-state index contributed by atoms with van der Waals surface area (Å²) in [5.74, 6) is 0.948. The molecule has 0 saturated carbocycles. The van der Waals surface area contributed by atoms with E-state index in [1.165, 1.54) is 0 Å². The maximum absolute atomic E-state index is 12.1. The van der Waals surface area contributed by atoms with Gasteiger partial charge in [-0.2, -0.15) is 0 Å². The van der Waals surface area contributed by atoms with E-state index in [9.17, 15) is 4.79 Å². The van der Waals surface area contributed by atoms with Crippen LogP contribution in [0.4, 0.5) is 0 Å². The topological polar surface area (TPSA) is 57.1 Å². The Labute approximate surface area is 143 Å². The van der Waals surface area contributed by atoms with Gasteiger partial charge in [-0.15, -0.1) is 0 Å². The van der Waals surface area contributed by atoms with E-state index in [4.69, 9.17) is 25.8 Å². The van der Waals surface area contributed by atoms with E-state index < -0.39 is 5.97 Å². The number of carbonyl (C=O) groups is 1. The van der Waals surface area contributed by atoms with Gasteiger partial charge in [0.05, 0.1) is 5.02 Å². The van der Waals surface area contributed by atoms with Crippen molar-refractivity contribution in [1.29, 1.82) is 0 Å². The van der Waals surface area contributed by atoms with Crippen molar-refractivity contribution in [3.8, 4) is 11.5 Å². The van der Waals surface area contributed by atoms with E-state index in [2.05, 4.69) is 4.99 Å². The number of carbonyl (C=O) groups excluding carboxylic acids is 1. The average Bonchev–Trinajstić information content (AvgIpc) is 3.15. The highest BCUT2D eigenvalue weighted by Gasteiger charge is 2.26. The first-order valence-electron chi connectivity index (χ1n) is 7.29. The van der Waals surface area contributed by atoms with Crippen LogP contribution in [0.25, 0.3) is 6.08 Å². The van der Waals surface area contributed by atoms with Crippen LogP contribution >= 0.6 is 11.6 Å². The molecule has 0 radical (unpaired) electrons. The summed E-state index contributed by atoms with van der Waals surface area (Å²) in [6.45, 7) is 2.09. The SMILES string of the molecule is Cc1ccccc1C1=N/C(=C\c2cc3c(cc2Cl)OCO3)C(=O)O1. The van der Waals surface area contributed by atoms with Crippen LogP contribution in [0.15, 0.2) is 47.1 Å². The number of aryl methyl sites for hydroxylation is 1. The highest BCUT2D eigenvalue weighted by Crippen LogP contribution is 2.38. The molecular formula is C18H12ClNO4. The van der Waals surface area contributed by atoms with Gasteiger partial charge < -0.3 is 14.2 Å². The van der Waals surface area contributed by atoms with E-state index in [-0.39, 0.29) is 12.5 Å². The van der Waals surface area contributed by atoms with Gasteiger partial charge in [-0.1, -0.05) is 29.8 Å². The minimum atomic E-state index is -0.512. The monoisotopic (exact) mass is 341 g/mol. The Morgan fingerprint density at radius 1 is 1.17 bits per heavy atom. The van der Waals surface area contributed by atoms with Gasteiger partial charge in [-0.3, -0.25) is 0 Å². The van der Waals surface area contributed by atoms with Gasteiger partial charge in [0, 0.05) is 11.6 Å². The number of halogens is 1. The first-order chi connectivity index (χ1) is 11.6. The standard InChI is InChI=1S/C18H12ClNO4/c1-10-4-2-3-5-12(10)17-20-14(18(21)24-17)6-11-7-15-16(8-13(11)19)23-9-22-15/h2-8H,9H2,1H3/b14-6-. The molecule has 6 heteroatoms. The summed E-state index contributed by atoms with van der Waals surface area (Å²) < 4.78 is 15.9. The molecule has 24 heavy (non-hydrogen) atoms. The van der Waals surface area contributed by atoms with Crippen LogP contribution < -0.4 is 9.47 Å². The molecule has 0 unspecified atom stereocenters. The molecule has 2 aromatic rings. The Morgan fingerprint density at radius 2 is 1.92 bits per heavy atom. The number of nitrogens with zero attached hydrogens (tertiary/aromatic N) is 1. The van der Waals surface area contributed by atoms with Gasteiger partial charge in [0.15, 0.2) is 17.2 Å². The number of benzene rings is 2. The van der Waals surface area contributed by atoms with Crippen LogP contribution in [0.1, 0.15) is 16.7 Å². The minimum Gasteiger partial charge on any atom is -0.454 e. The molecule has 0 amide bonds. The van der Waals surface area contributed by atoms with Gasteiger partial charge in [0.2, 0.25) is 12.7 Å². The molecule has 4 rings (SSSR count). The zero-order chi connectivity index (χ0) is 16.7. The Bertz CT molecular complexity index is 917. The molecule has 2 aromatic carbocycles. The molecule has 0 saturated heterocycles. The van der Waals surface area contributed by atoms with Gasteiger partial charge in [-0.05, 0) is 36.3 Å². The van der Waals surface area contributed by atoms with E-state index in [0.29, 0.717) is 28.0 Å². The molecule has 0 aliphatic carbocycles. The number of fused-ring (bicyclic) bond motifs is 1. The maximum atomic E-state index is 12.1. The normalized spacial score (nSPS) is 17.2. The fourth-order valence-electron chi connectivity index (χ4n) is 2.53. The molecule has 0 N–H and O–H groups in total. The summed E-state index contributed by atoms with van der Waals surface area (Å²) in [5.41, 5.74) is 2.56. The Morgan fingerprint density at radius 3 is 2.71 bits per heavy atom. The number of hydrogen-bond acceptors (Lipinski definition) is 5. The first kappa shape index (κ1) is 14.8. The summed E-state index contributed by atoms with van der Waals surface area (Å²) >= 11 is 6.23. The third-order valence-corrected chi connectivity index (χ3v) is 4.11. The van der Waals surface area contributed by atoms with Gasteiger partial charge in [0.25, 0.3) is 0 Å². The molecule has 0 atom stereocenters. The van der Waals surface area contributed by atoms with Crippen molar-refractivity contribution in [2.45, 2.75) is 6.92 Å². The van der Waals surface area contributed by atoms with Crippen molar-refractivity contribution in [3.63, 3.8) is 0 Å². The lowest BCUT2D eigenvalue weighted by Crippen LogP contribution is -2.06. The fraction of sp³-hybridized carbons (Fsp3) is 0.111. The zero-order valence-electron chi connectivity index (χ0n) is 12.7. The molecular weight excluding hydrogens is 330 g/mol. The van der Waals surface area contributed by atoms with E-state index in [1.54, 1.807) is 18.2 Å². The summed E-state index contributed by atoms with van der Waals surface area (Å²) in [4.78, 5) is 16.4. The zero-order valence-corrected chi connectivity index (χ0v) is 13.5. The lowest BCUT2D eigenvalue weighted by molar-refractivity contribution is -0.129. The fourth-order valence-corrected chi connectivity index (χ4v) is 2.74. The molecule has 0 bridgehead atoms. The van der Waals surface area contributed by atoms with Crippen LogP contribution in [0.5, 0.6) is 11.5 Å². The van der Waals surface area contributed by atoms with Crippen molar-refractivity contribution in [2.24, 2.45) is 4.99 Å². The third-order valence-electron chi connectivity index (χ3n) is 3.78. The predicted octanol–water partition coefficient (Wildman–Crippen LogP) is 3.72. The first-order valence-corrected chi connectivity index (χ1v) is 7.67. The molecule has 0 spiro atoms. The number of aliphatic imine (C=N–C) groups is 1. The Hall–Kier alpha value is -2.79. The van der Waals surface area contributed by atoms with Crippen LogP contribution in [0, 0.1) is 6.92 Å². The van der Waals surface area contributed by atoms with Crippen molar-refractivity contribution >= 4 is 29.5 Å². The maximum Gasteiger partial charge on any atom is 0.363 e. The van der Waals surface area contributed by atoms with Crippen LogP contribution in [-0.4, -0.2) is 18.7 Å². The lowest BCUT2D eigenvalue weighted by Gasteiger charge is -2.02. The summed E-state index contributed by atoms with van der Waals surface area (Å²) in [7, 11) is 0. The summed E-state index contributed by atoms with van der Waals surface area (Å²) in [5, 5.41) is 0.444. The van der Waals surface area contributed by atoms with Crippen molar-refractivity contribution in [1.82, 2.24) is 0 Å². The molecule has 120 valence electrons. The molecule has 5 nitrogen and oxygen atoms in total. The number of cyclic esters (lactones) is 1. The highest BCUT2D eigenvalue weighted by molar-refractivity contribution is 6.32. The predicted molar refractivity (Wildman–Crippen MR) is 89.4 cm³/mol. The molecule has 0 aromatic heterocycles. The molecule has 0 fully saturated rings. The number of esters is 1. The van der Waals surface area contributed by atoms with E-state index in [1.807, 2.05) is 31.2 Å². The molecule has 2 aliphatic rings. The second kappa shape index (κ2) is 5.69. The van der Waals surface area contributed by atoms with Gasteiger partial charge >= 0.3 is 5.97 Å². The average molecular weight is 342 g/mol. The number of ether oxygens (including phenoxy) is 3. The van der Waals surface area contributed by atoms with Crippen LogP contribution in [0.3, 0.4) is 0 Å². The largest absolute Gasteiger partial charge is 0.454 e. The van der Waals surface area contributed by atoms with Gasteiger partial charge in [0.1, 0.15) is 0 Å².